The van der Waals surface area contributed by atoms with Gasteiger partial charge >= 0.3 is 6.18 Å². The number of benzene rings is 2. The first kappa shape index (κ1) is 18.9. The molecule has 0 aromatic heterocycles. The van der Waals surface area contributed by atoms with Gasteiger partial charge < -0.3 is 0 Å². The standard InChI is InChI=1S/C21H25F3N2/c1-17(14-19-8-5-9-20(15-19)21(22,23)24)26-12-10-25(11-13-26)16-18-6-3-2-4-7-18/h2-9,15,17H,10-14,16H2,1H3/t17-/m0/s1. The summed E-state index contributed by atoms with van der Waals surface area (Å²) in [5.74, 6) is 0. The smallest absolute Gasteiger partial charge is 0.298 e. The van der Waals surface area contributed by atoms with Crippen LogP contribution < -0.4 is 0 Å². The highest BCUT2D eigenvalue weighted by Gasteiger charge is 2.30. The van der Waals surface area contributed by atoms with Crippen molar-refractivity contribution in [3.05, 3.63) is 71.3 Å². The summed E-state index contributed by atoms with van der Waals surface area (Å²) in [7, 11) is 0. The Morgan fingerprint density at radius 3 is 2.19 bits per heavy atom. The minimum absolute atomic E-state index is 0.234. The summed E-state index contributed by atoms with van der Waals surface area (Å²) in [6.45, 7) is 6.94. The van der Waals surface area contributed by atoms with Gasteiger partial charge in [-0.15, -0.1) is 0 Å². The van der Waals surface area contributed by atoms with Gasteiger partial charge in [0.1, 0.15) is 0 Å². The third-order valence-electron chi connectivity index (χ3n) is 5.06. The van der Waals surface area contributed by atoms with Crippen LogP contribution in [0.4, 0.5) is 13.2 Å². The van der Waals surface area contributed by atoms with Crippen LogP contribution >= 0.6 is 0 Å². The number of halogens is 3. The normalized spacial score (nSPS) is 18.0. The average Bonchev–Trinajstić information content (AvgIpc) is 2.63. The molecule has 140 valence electrons. The monoisotopic (exact) mass is 362 g/mol. The summed E-state index contributed by atoms with van der Waals surface area (Å²) in [6, 6.07) is 16.4. The molecule has 3 rings (SSSR count). The molecule has 1 fully saturated rings. The molecule has 1 atom stereocenters. The van der Waals surface area contributed by atoms with Crippen molar-refractivity contribution in [1.82, 2.24) is 9.80 Å². The van der Waals surface area contributed by atoms with E-state index in [-0.39, 0.29) is 6.04 Å². The Kier molecular flexibility index (Phi) is 5.99. The van der Waals surface area contributed by atoms with Gasteiger partial charge in [-0.05, 0) is 30.5 Å². The quantitative estimate of drug-likeness (QED) is 0.775. The molecule has 0 bridgehead atoms. The summed E-state index contributed by atoms with van der Waals surface area (Å²) in [5, 5.41) is 0. The maximum atomic E-state index is 12.9. The highest BCUT2D eigenvalue weighted by Crippen LogP contribution is 2.30. The van der Waals surface area contributed by atoms with E-state index in [0.29, 0.717) is 6.42 Å². The molecule has 2 aromatic carbocycles. The predicted octanol–water partition coefficient (Wildman–Crippen LogP) is 4.45. The molecule has 0 radical (unpaired) electrons. The number of nitrogens with zero attached hydrogens (tertiary/aromatic N) is 2. The van der Waals surface area contributed by atoms with Crippen LogP contribution in [0.2, 0.25) is 0 Å². The van der Waals surface area contributed by atoms with Crippen LogP contribution in [0.3, 0.4) is 0 Å². The Labute approximate surface area is 153 Å². The average molecular weight is 362 g/mol. The van der Waals surface area contributed by atoms with E-state index in [9.17, 15) is 13.2 Å². The summed E-state index contributed by atoms with van der Waals surface area (Å²) in [5.41, 5.74) is 1.51. The van der Waals surface area contributed by atoms with Crippen molar-refractivity contribution >= 4 is 0 Å². The van der Waals surface area contributed by atoms with Crippen molar-refractivity contribution in [2.75, 3.05) is 26.2 Å². The van der Waals surface area contributed by atoms with Crippen LogP contribution in [-0.4, -0.2) is 42.0 Å². The third kappa shape index (κ3) is 5.08. The minimum Gasteiger partial charge on any atom is -0.298 e. The fourth-order valence-corrected chi connectivity index (χ4v) is 3.55. The zero-order valence-corrected chi connectivity index (χ0v) is 15.0. The van der Waals surface area contributed by atoms with E-state index in [2.05, 4.69) is 41.0 Å². The van der Waals surface area contributed by atoms with E-state index in [0.717, 1.165) is 44.4 Å². The second-order valence-corrected chi connectivity index (χ2v) is 7.05. The number of hydrogen-bond acceptors (Lipinski definition) is 2. The van der Waals surface area contributed by atoms with Crippen molar-refractivity contribution in [2.45, 2.75) is 32.1 Å². The lowest BCUT2D eigenvalue weighted by Crippen LogP contribution is -2.49. The van der Waals surface area contributed by atoms with Crippen LogP contribution in [0.5, 0.6) is 0 Å². The molecule has 0 aliphatic carbocycles. The van der Waals surface area contributed by atoms with Gasteiger partial charge in [0.2, 0.25) is 0 Å². The Bertz CT molecular complexity index is 692. The van der Waals surface area contributed by atoms with E-state index in [4.69, 9.17) is 0 Å². The molecular formula is C21H25F3N2. The lowest BCUT2D eigenvalue weighted by Gasteiger charge is -2.38. The van der Waals surface area contributed by atoms with Crippen LogP contribution in [0, 0.1) is 0 Å². The highest BCUT2D eigenvalue weighted by molar-refractivity contribution is 5.26. The topological polar surface area (TPSA) is 6.48 Å². The molecule has 2 aromatic rings. The number of alkyl halides is 3. The molecule has 1 aliphatic rings. The molecule has 0 amide bonds. The molecule has 0 saturated carbocycles. The number of piperazine rings is 1. The lowest BCUT2D eigenvalue weighted by molar-refractivity contribution is -0.137. The van der Waals surface area contributed by atoms with E-state index in [1.807, 2.05) is 6.07 Å². The molecule has 0 spiro atoms. The van der Waals surface area contributed by atoms with E-state index in [1.54, 1.807) is 6.07 Å². The van der Waals surface area contributed by atoms with Gasteiger partial charge in [-0.1, -0.05) is 48.5 Å². The fraction of sp³-hybridized carbons (Fsp3) is 0.429. The maximum absolute atomic E-state index is 12.9. The molecule has 1 heterocycles. The van der Waals surface area contributed by atoms with Crippen molar-refractivity contribution in [3.8, 4) is 0 Å². The fourth-order valence-electron chi connectivity index (χ4n) is 3.55. The van der Waals surface area contributed by atoms with Gasteiger partial charge in [0.05, 0.1) is 5.56 Å². The van der Waals surface area contributed by atoms with Crippen molar-refractivity contribution in [3.63, 3.8) is 0 Å². The van der Waals surface area contributed by atoms with Crippen molar-refractivity contribution < 1.29 is 13.2 Å². The Hall–Kier alpha value is -1.85. The maximum Gasteiger partial charge on any atom is 0.416 e. The second-order valence-electron chi connectivity index (χ2n) is 7.05. The van der Waals surface area contributed by atoms with Gasteiger partial charge in [-0.2, -0.15) is 13.2 Å². The summed E-state index contributed by atoms with van der Waals surface area (Å²) in [4.78, 5) is 4.81. The molecular weight excluding hydrogens is 337 g/mol. The van der Waals surface area contributed by atoms with Gasteiger partial charge in [-0.25, -0.2) is 0 Å². The Balaban J connectivity index is 1.52. The zero-order chi connectivity index (χ0) is 18.6. The van der Waals surface area contributed by atoms with Gasteiger partial charge in [-0.3, -0.25) is 9.80 Å². The van der Waals surface area contributed by atoms with Crippen LogP contribution in [0.15, 0.2) is 54.6 Å². The molecule has 0 N–H and O–H groups in total. The van der Waals surface area contributed by atoms with E-state index < -0.39 is 11.7 Å². The van der Waals surface area contributed by atoms with Gasteiger partial charge in [0, 0.05) is 38.8 Å². The summed E-state index contributed by atoms with van der Waals surface area (Å²) >= 11 is 0. The SMILES string of the molecule is C[C@@H](Cc1cccc(C(F)(F)F)c1)N1CCN(Cc2ccccc2)CC1. The number of rotatable bonds is 5. The lowest BCUT2D eigenvalue weighted by atomic mass is 10.0. The molecule has 2 nitrogen and oxygen atoms in total. The Morgan fingerprint density at radius 2 is 1.54 bits per heavy atom. The highest BCUT2D eigenvalue weighted by atomic mass is 19.4. The summed E-state index contributed by atoms with van der Waals surface area (Å²) < 4.78 is 38.6. The van der Waals surface area contributed by atoms with E-state index >= 15 is 0 Å². The van der Waals surface area contributed by atoms with Crippen LogP contribution in [0.25, 0.3) is 0 Å². The molecule has 5 heteroatoms. The predicted molar refractivity (Wildman–Crippen MR) is 97.9 cm³/mol. The first-order chi connectivity index (χ1) is 12.4. The third-order valence-corrected chi connectivity index (χ3v) is 5.06. The van der Waals surface area contributed by atoms with Crippen LogP contribution in [0.1, 0.15) is 23.6 Å². The zero-order valence-electron chi connectivity index (χ0n) is 15.0. The van der Waals surface area contributed by atoms with Crippen LogP contribution in [-0.2, 0) is 19.1 Å². The second kappa shape index (κ2) is 8.23. The number of hydrogen-bond donors (Lipinski definition) is 0. The molecule has 1 saturated heterocycles. The van der Waals surface area contributed by atoms with Gasteiger partial charge in [0.15, 0.2) is 0 Å². The van der Waals surface area contributed by atoms with Crippen molar-refractivity contribution in [2.24, 2.45) is 0 Å². The first-order valence-corrected chi connectivity index (χ1v) is 9.08. The van der Waals surface area contributed by atoms with Gasteiger partial charge in [0.25, 0.3) is 0 Å². The molecule has 26 heavy (non-hydrogen) atoms. The molecule has 0 unspecified atom stereocenters. The van der Waals surface area contributed by atoms with Crippen molar-refractivity contribution in [1.29, 1.82) is 0 Å². The Morgan fingerprint density at radius 1 is 0.885 bits per heavy atom. The minimum atomic E-state index is -4.28. The molecule has 1 aliphatic heterocycles. The first-order valence-electron chi connectivity index (χ1n) is 9.08. The summed E-state index contributed by atoms with van der Waals surface area (Å²) in [6.07, 6.45) is -3.63. The van der Waals surface area contributed by atoms with E-state index in [1.165, 1.54) is 17.7 Å². The largest absolute Gasteiger partial charge is 0.416 e.